The van der Waals surface area contributed by atoms with Crippen LogP contribution < -0.4 is 0 Å². The van der Waals surface area contributed by atoms with Crippen LogP contribution >= 0.6 is 11.6 Å². The molecule has 0 amide bonds. The van der Waals surface area contributed by atoms with Crippen molar-refractivity contribution in [1.29, 1.82) is 0 Å². The van der Waals surface area contributed by atoms with Gasteiger partial charge in [0.25, 0.3) is 0 Å². The molecule has 0 aliphatic carbocycles. The number of aryl methyl sites for hydroxylation is 1. The molecule has 1 heterocycles. The topological polar surface area (TPSA) is 34.9 Å². The van der Waals surface area contributed by atoms with Gasteiger partial charge in [0.1, 0.15) is 16.8 Å². The number of Topliss-reactive ketones (excluding diaryl/α,β-unsaturated/α-hetero) is 1. The maximum absolute atomic E-state index is 12.9. The Labute approximate surface area is 109 Å². The number of nitrogens with zero attached hydrogens (tertiary/aromatic N) is 2. The first kappa shape index (κ1) is 12.8. The molecular formula is C13H12ClFN2O. The van der Waals surface area contributed by atoms with Crippen molar-refractivity contribution in [3.63, 3.8) is 0 Å². The quantitative estimate of drug-likeness (QED) is 0.856. The second-order valence-corrected chi connectivity index (χ2v) is 4.48. The molecule has 94 valence electrons. The van der Waals surface area contributed by atoms with Gasteiger partial charge < -0.3 is 0 Å². The molecule has 0 bridgehead atoms. The number of hydrogen-bond donors (Lipinski definition) is 0. The number of rotatable bonds is 3. The molecule has 0 aliphatic heterocycles. The summed E-state index contributed by atoms with van der Waals surface area (Å²) in [5, 5.41) is 4.67. The van der Waals surface area contributed by atoms with Gasteiger partial charge in [-0.05, 0) is 38.1 Å². The molecule has 2 aromatic rings. The smallest absolute Gasteiger partial charge is 0.136 e. The third-order valence-corrected chi connectivity index (χ3v) is 3.01. The van der Waals surface area contributed by atoms with Crippen LogP contribution in [0.3, 0.4) is 0 Å². The Morgan fingerprint density at radius 2 is 2.00 bits per heavy atom. The largest absolute Gasteiger partial charge is 0.300 e. The highest BCUT2D eigenvalue weighted by Gasteiger charge is 2.15. The summed E-state index contributed by atoms with van der Waals surface area (Å²) in [6, 6.07) is 5.86. The molecule has 0 unspecified atom stereocenters. The Hall–Kier alpha value is -1.68. The Morgan fingerprint density at radius 1 is 1.39 bits per heavy atom. The van der Waals surface area contributed by atoms with E-state index in [2.05, 4.69) is 5.10 Å². The van der Waals surface area contributed by atoms with Gasteiger partial charge in [-0.15, -0.1) is 0 Å². The second-order valence-electron chi connectivity index (χ2n) is 4.12. The normalized spacial score (nSPS) is 10.7. The summed E-state index contributed by atoms with van der Waals surface area (Å²) >= 11 is 6.20. The van der Waals surface area contributed by atoms with Gasteiger partial charge in [-0.25, -0.2) is 9.07 Å². The average molecular weight is 267 g/mol. The van der Waals surface area contributed by atoms with E-state index in [4.69, 9.17) is 11.6 Å². The van der Waals surface area contributed by atoms with Crippen molar-refractivity contribution in [3.05, 3.63) is 46.5 Å². The van der Waals surface area contributed by atoms with Crippen molar-refractivity contribution in [2.24, 2.45) is 0 Å². The van der Waals surface area contributed by atoms with Crippen molar-refractivity contribution in [3.8, 4) is 5.69 Å². The first-order valence-electron chi connectivity index (χ1n) is 5.48. The monoisotopic (exact) mass is 266 g/mol. The molecule has 0 saturated carbocycles. The molecule has 1 aromatic heterocycles. The Bertz CT molecular complexity index is 590. The van der Waals surface area contributed by atoms with Crippen molar-refractivity contribution >= 4 is 17.4 Å². The third kappa shape index (κ3) is 2.43. The van der Waals surface area contributed by atoms with Crippen molar-refractivity contribution in [1.82, 2.24) is 9.78 Å². The van der Waals surface area contributed by atoms with Crippen LogP contribution in [-0.2, 0) is 11.2 Å². The lowest BCUT2D eigenvalue weighted by atomic mass is 10.1. The number of carbonyl (C=O) groups is 1. The SMILES string of the molecule is CC(=O)Cc1c(C)nn(-c2ccc(F)cc2)c1Cl. The first-order chi connectivity index (χ1) is 8.49. The van der Waals surface area contributed by atoms with Gasteiger partial charge in [0.15, 0.2) is 0 Å². The van der Waals surface area contributed by atoms with Gasteiger partial charge in [-0.2, -0.15) is 5.10 Å². The Balaban J connectivity index is 2.46. The Morgan fingerprint density at radius 3 is 2.56 bits per heavy atom. The fourth-order valence-corrected chi connectivity index (χ4v) is 2.07. The highest BCUT2D eigenvalue weighted by atomic mass is 35.5. The lowest BCUT2D eigenvalue weighted by Crippen LogP contribution is -1.99. The van der Waals surface area contributed by atoms with Crippen LogP contribution in [0.5, 0.6) is 0 Å². The summed E-state index contributed by atoms with van der Waals surface area (Å²) < 4.78 is 14.4. The van der Waals surface area contributed by atoms with Gasteiger partial charge in [-0.1, -0.05) is 11.6 Å². The molecule has 0 atom stereocenters. The van der Waals surface area contributed by atoms with Gasteiger partial charge in [0, 0.05) is 12.0 Å². The summed E-state index contributed by atoms with van der Waals surface area (Å²) in [4.78, 5) is 11.2. The summed E-state index contributed by atoms with van der Waals surface area (Å²) in [5.41, 5.74) is 2.09. The molecule has 1 aromatic carbocycles. The van der Waals surface area contributed by atoms with Crippen LogP contribution in [0, 0.1) is 12.7 Å². The molecule has 0 fully saturated rings. The van der Waals surface area contributed by atoms with Crippen LogP contribution in [-0.4, -0.2) is 15.6 Å². The van der Waals surface area contributed by atoms with Crippen molar-refractivity contribution < 1.29 is 9.18 Å². The van der Waals surface area contributed by atoms with Gasteiger partial charge in [-0.3, -0.25) is 4.79 Å². The lowest BCUT2D eigenvalue weighted by molar-refractivity contribution is -0.116. The fraction of sp³-hybridized carbons (Fsp3) is 0.231. The number of benzene rings is 1. The average Bonchev–Trinajstić information content (AvgIpc) is 2.58. The molecule has 3 nitrogen and oxygen atoms in total. The molecule has 0 spiro atoms. The molecule has 0 radical (unpaired) electrons. The molecule has 18 heavy (non-hydrogen) atoms. The summed E-state index contributed by atoms with van der Waals surface area (Å²) in [6.07, 6.45) is 0.256. The van der Waals surface area contributed by atoms with Gasteiger partial charge in [0.05, 0.1) is 11.4 Å². The van der Waals surface area contributed by atoms with E-state index in [1.807, 2.05) is 0 Å². The third-order valence-electron chi connectivity index (χ3n) is 2.62. The van der Waals surface area contributed by atoms with Gasteiger partial charge in [0.2, 0.25) is 0 Å². The predicted octanol–water partition coefficient (Wildman–Crippen LogP) is 3.10. The van der Waals surface area contributed by atoms with Crippen LogP contribution in [0.4, 0.5) is 4.39 Å². The zero-order valence-corrected chi connectivity index (χ0v) is 10.8. The Kier molecular flexibility index (Phi) is 3.48. The van der Waals surface area contributed by atoms with E-state index in [9.17, 15) is 9.18 Å². The minimum atomic E-state index is -0.317. The van der Waals surface area contributed by atoms with E-state index >= 15 is 0 Å². The fourth-order valence-electron chi connectivity index (χ4n) is 1.73. The minimum absolute atomic E-state index is 0.0265. The van der Waals surface area contributed by atoms with Crippen molar-refractivity contribution in [2.75, 3.05) is 0 Å². The van der Waals surface area contributed by atoms with Crippen LogP contribution in [0.1, 0.15) is 18.2 Å². The second kappa shape index (κ2) is 4.90. The van der Waals surface area contributed by atoms with Crippen LogP contribution in [0.2, 0.25) is 5.15 Å². The lowest BCUT2D eigenvalue weighted by Gasteiger charge is -2.03. The minimum Gasteiger partial charge on any atom is -0.300 e. The summed E-state index contributed by atoms with van der Waals surface area (Å²) in [6.45, 7) is 3.30. The van der Waals surface area contributed by atoms with Crippen molar-refractivity contribution in [2.45, 2.75) is 20.3 Å². The number of ketones is 1. The van der Waals surface area contributed by atoms with E-state index < -0.39 is 0 Å². The van der Waals surface area contributed by atoms with E-state index in [0.29, 0.717) is 22.1 Å². The number of halogens is 2. The zero-order valence-electron chi connectivity index (χ0n) is 10.1. The maximum atomic E-state index is 12.9. The standard InChI is InChI=1S/C13H12ClFN2O/c1-8(18)7-12-9(2)16-17(13(12)14)11-5-3-10(15)4-6-11/h3-6H,7H2,1-2H3. The van der Waals surface area contributed by atoms with E-state index in [1.165, 1.54) is 23.7 Å². The van der Waals surface area contributed by atoms with E-state index in [-0.39, 0.29) is 18.0 Å². The molecule has 5 heteroatoms. The van der Waals surface area contributed by atoms with E-state index in [0.717, 1.165) is 0 Å². The van der Waals surface area contributed by atoms with Crippen LogP contribution in [0.15, 0.2) is 24.3 Å². The number of carbonyl (C=O) groups excluding carboxylic acids is 1. The predicted molar refractivity (Wildman–Crippen MR) is 67.7 cm³/mol. The molecule has 2 rings (SSSR count). The highest BCUT2D eigenvalue weighted by molar-refractivity contribution is 6.30. The molecule has 0 aliphatic rings. The molecule has 0 N–H and O–H groups in total. The number of hydrogen-bond acceptors (Lipinski definition) is 2. The molecular weight excluding hydrogens is 255 g/mol. The summed E-state index contributed by atoms with van der Waals surface area (Å²) in [7, 11) is 0. The first-order valence-corrected chi connectivity index (χ1v) is 5.86. The zero-order chi connectivity index (χ0) is 13.3. The number of aromatic nitrogens is 2. The van der Waals surface area contributed by atoms with E-state index in [1.54, 1.807) is 19.1 Å². The van der Waals surface area contributed by atoms with Crippen LogP contribution in [0.25, 0.3) is 5.69 Å². The van der Waals surface area contributed by atoms with Gasteiger partial charge >= 0.3 is 0 Å². The summed E-state index contributed by atoms with van der Waals surface area (Å²) in [5.74, 6) is -0.290. The maximum Gasteiger partial charge on any atom is 0.136 e. The highest BCUT2D eigenvalue weighted by Crippen LogP contribution is 2.24. The molecule has 0 saturated heterocycles.